The molecular formula is C27H39N5O4. The molecule has 1 saturated carbocycles. The van der Waals surface area contributed by atoms with E-state index >= 15 is 0 Å². The Labute approximate surface area is 212 Å². The SMILES string of the molecule is CCC/C(C(=O)c1nc(OC[C@@H]2CCCN2C)c2cc(C)[nH]c2n1)=C(/N)[C@H]1CCCCC12OCCO2. The van der Waals surface area contributed by atoms with E-state index in [4.69, 9.17) is 19.9 Å². The third-order valence-electron chi connectivity index (χ3n) is 7.95. The van der Waals surface area contributed by atoms with Gasteiger partial charge in [-0.1, -0.05) is 19.8 Å². The Hall–Kier alpha value is -2.49. The molecule has 9 nitrogen and oxygen atoms in total. The quantitative estimate of drug-likeness (QED) is 0.417. The standard InChI is InChI=1S/C27H39N5O4/c1-4-8-19(22(28)21-10-5-6-11-27(21)35-13-14-36-27)23(33)25-30-24-20(15-17(2)29-24)26(31-25)34-16-18-9-7-12-32(18)3/h15,18,21H,4-14,16,28H2,1-3H3,(H,29,30,31)/b22-19-/t18-,21+/m0/s1. The van der Waals surface area contributed by atoms with Crippen LogP contribution in [0.2, 0.25) is 0 Å². The highest BCUT2D eigenvalue weighted by Crippen LogP contribution is 2.44. The number of carbonyl (C=O) groups excluding carboxylic acids is 1. The van der Waals surface area contributed by atoms with Crippen molar-refractivity contribution in [2.75, 3.05) is 33.4 Å². The molecule has 0 radical (unpaired) electrons. The lowest BCUT2D eigenvalue weighted by Gasteiger charge is -2.40. The normalized spacial score (nSPS) is 25.0. The summed E-state index contributed by atoms with van der Waals surface area (Å²) in [5.41, 5.74) is 9.45. The number of likely N-dealkylation sites (N-methyl/N-ethyl adjacent to an activating group) is 1. The lowest BCUT2D eigenvalue weighted by molar-refractivity contribution is -0.203. The lowest BCUT2D eigenvalue weighted by Crippen LogP contribution is -2.45. The molecule has 4 heterocycles. The smallest absolute Gasteiger partial charge is 0.228 e. The fraction of sp³-hybridized carbons (Fsp3) is 0.667. The maximum atomic E-state index is 13.9. The number of carbonyl (C=O) groups is 1. The predicted octanol–water partition coefficient (Wildman–Crippen LogP) is 3.87. The van der Waals surface area contributed by atoms with Crippen LogP contribution in [0.25, 0.3) is 11.0 Å². The number of nitrogens with two attached hydrogens (primary N) is 1. The van der Waals surface area contributed by atoms with Crippen LogP contribution in [0.15, 0.2) is 17.3 Å². The number of allylic oxidation sites excluding steroid dienone is 1. The summed E-state index contributed by atoms with van der Waals surface area (Å²) < 4.78 is 18.4. The predicted molar refractivity (Wildman–Crippen MR) is 137 cm³/mol. The third-order valence-corrected chi connectivity index (χ3v) is 7.95. The molecule has 1 spiro atoms. The molecule has 2 saturated heterocycles. The first-order valence-corrected chi connectivity index (χ1v) is 13.4. The molecule has 0 aromatic carbocycles. The summed E-state index contributed by atoms with van der Waals surface area (Å²) in [4.78, 5) is 28.7. The van der Waals surface area contributed by atoms with Crippen LogP contribution < -0.4 is 10.5 Å². The molecule has 2 atom stereocenters. The number of likely N-dealkylation sites (tertiary alicyclic amines) is 1. The number of Topliss-reactive ketones (excluding diaryl/α,β-unsaturated/α-hetero) is 1. The Morgan fingerprint density at radius 2 is 2.06 bits per heavy atom. The number of nitrogens with one attached hydrogen (secondary N) is 1. The highest BCUT2D eigenvalue weighted by Gasteiger charge is 2.48. The van der Waals surface area contributed by atoms with Crippen LogP contribution in [0.4, 0.5) is 0 Å². The van der Waals surface area contributed by atoms with Crippen LogP contribution in [0, 0.1) is 12.8 Å². The van der Waals surface area contributed by atoms with E-state index in [1.807, 2.05) is 19.9 Å². The molecule has 2 aromatic rings. The van der Waals surface area contributed by atoms with Crippen molar-refractivity contribution in [3.8, 4) is 5.88 Å². The summed E-state index contributed by atoms with van der Waals surface area (Å²) in [5, 5.41) is 0.790. The largest absolute Gasteiger partial charge is 0.475 e. The number of H-pyrrole nitrogens is 1. The Kier molecular flexibility index (Phi) is 7.32. The van der Waals surface area contributed by atoms with E-state index in [1.165, 1.54) is 0 Å². The van der Waals surface area contributed by atoms with Crippen molar-refractivity contribution >= 4 is 16.8 Å². The fourth-order valence-electron chi connectivity index (χ4n) is 6.00. The van der Waals surface area contributed by atoms with E-state index in [-0.39, 0.29) is 17.5 Å². The van der Waals surface area contributed by atoms with Crippen molar-refractivity contribution in [1.29, 1.82) is 0 Å². The molecule has 0 unspecified atom stereocenters. The molecule has 0 amide bonds. The van der Waals surface area contributed by atoms with Crippen LogP contribution in [0.3, 0.4) is 0 Å². The summed E-state index contributed by atoms with van der Waals surface area (Å²) >= 11 is 0. The van der Waals surface area contributed by atoms with Gasteiger partial charge in [-0.05, 0) is 58.7 Å². The minimum Gasteiger partial charge on any atom is -0.475 e. The van der Waals surface area contributed by atoms with Crippen molar-refractivity contribution in [3.05, 3.63) is 28.9 Å². The summed E-state index contributed by atoms with van der Waals surface area (Å²) in [6.45, 7) is 6.72. The van der Waals surface area contributed by atoms with E-state index in [0.717, 1.165) is 62.6 Å². The van der Waals surface area contributed by atoms with Crippen molar-refractivity contribution in [2.24, 2.45) is 11.7 Å². The van der Waals surface area contributed by atoms with Crippen LogP contribution in [0.1, 0.15) is 74.6 Å². The Balaban J connectivity index is 1.49. The lowest BCUT2D eigenvalue weighted by atomic mass is 9.79. The second-order valence-electron chi connectivity index (χ2n) is 10.5. The van der Waals surface area contributed by atoms with E-state index in [2.05, 4.69) is 26.9 Å². The molecule has 0 bridgehead atoms. The summed E-state index contributed by atoms with van der Waals surface area (Å²) in [6, 6.07) is 2.31. The van der Waals surface area contributed by atoms with Gasteiger partial charge < -0.3 is 29.8 Å². The fourth-order valence-corrected chi connectivity index (χ4v) is 6.00. The van der Waals surface area contributed by atoms with Gasteiger partial charge in [0.05, 0.1) is 24.5 Å². The van der Waals surface area contributed by atoms with Gasteiger partial charge in [-0.3, -0.25) is 4.79 Å². The molecule has 3 fully saturated rings. The van der Waals surface area contributed by atoms with Crippen molar-refractivity contribution < 1.29 is 19.0 Å². The average molecular weight is 498 g/mol. The molecule has 5 rings (SSSR count). The Morgan fingerprint density at radius 1 is 1.25 bits per heavy atom. The van der Waals surface area contributed by atoms with Crippen LogP contribution >= 0.6 is 0 Å². The zero-order valence-electron chi connectivity index (χ0n) is 21.8. The molecule has 36 heavy (non-hydrogen) atoms. The molecule has 2 aliphatic heterocycles. The molecule has 3 aliphatic rings. The van der Waals surface area contributed by atoms with E-state index < -0.39 is 5.79 Å². The van der Waals surface area contributed by atoms with Crippen LogP contribution in [-0.2, 0) is 9.47 Å². The maximum Gasteiger partial charge on any atom is 0.228 e. The topological polar surface area (TPSA) is 116 Å². The minimum absolute atomic E-state index is 0.114. The van der Waals surface area contributed by atoms with E-state index in [9.17, 15) is 4.79 Å². The number of aromatic amines is 1. The van der Waals surface area contributed by atoms with Gasteiger partial charge in [0.1, 0.15) is 12.3 Å². The zero-order valence-corrected chi connectivity index (χ0v) is 21.8. The van der Waals surface area contributed by atoms with Crippen LogP contribution in [0.5, 0.6) is 5.88 Å². The summed E-state index contributed by atoms with van der Waals surface area (Å²) in [7, 11) is 2.12. The summed E-state index contributed by atoms with van der Waals surface area (Å²) in [5.74, 6) is -0.554. The second-order valence-corrected chi connectivity index (χ2v) is 10.5. The maximum absolute atomic E-state index is 13.9. The number of ketones is 1. The zero-order chi connectivity index (χ0) is 25.3. The van der Waals surface area contributed by atoms with Gasteiger partial charge in [-0.25, -0.2) is 4.98 Å². The number of nitrogens with zero attached hydrogens (tertiary/aromatic N) is 3. The van der Waals surface area contributed by atoms with Gasteiger partial charge in [-0.2, -0.15) is 4.98 Å². The Bertz CT molecular complexity index is 1140. The molecular weight excluding hydrogens is 458 g/mol. The first kappa shape index (κ1) is 25.2. The number of aryl methyl sites for hydroxylation is 1. The number of ether oxygens (including phenoxy) is 3. The Morgan fingerprint density at radius 3 is 2.78 bits per heavy atom. The average Bonchev–Trinajstić information content (AvgIpc) is 3.60. The molecule has 196 valence electrons. The van der Waals surface area contributed by atoms with Gasteiger partial charge >= 0.3 is 0 Å². The van der Waals surface area contributed by atoms with Gasteiger partial charge in [0.25, 0.3) is 0 Å². The first-order chi connectivity index (χ1) is 17.4. The third kappa shape index (κ3) is 4.76. The highest BCUT2D eigenvalue weighted by molar-refractivity contribution is 6.07. The van der Waals surface area contributed by atoms with E-state index in [1.54, 1.807) is 0 Å². The number of aromatic nitrogens is 3. The highest BCUT2D eigenvalue weighted by atomic mass is 16.7. The van der Waals surface area contributed by atoms with Crippen LogP contribution in [-0.4, -0.2) is 70.9 Å². The number of rotatable bonds is 8. The van der Waals surface area contributed by atoms with Gasteiger partial charge in [0.2, 0.25) is 17.5 Å². The van der Waals surface area contributed by atoms with Crippen molar-refractivity contribution in [2.45, 2.75) is 77.0 Å². The summed E-state index contributed by atoms with van der Waals surface area (Å²) in [6.07, 6.45) is 7.28. The minimum atomic E-state index is -0.718. The number of hydrogen-bond acceptors (Lipinski definition) is 8. The number of hydrogen-bond donors (Lipinski definition) is 2. The van der Waals surface area contributed by atoms with Gasteiger partial charge in [-0.15, -0.1) is 0 Å². The van der Waals surface area contributed by atoms with Gasteiger partial charge in [0.15, 0.2) is 5.79 Å². The van der Waals surface area contributed by atoms with Gasteiger partial charge in [0, 0.05) is 29.4 Å². The van der Waals surface area contributed by atoms with Crippen molar-refractivity contribution in [3.63, 3.8) is 0 Å². The molecule has 3 N–H and O–H groups in total. The molecule has 1 aliphatic carbocycles. The monoisotopic (exact) mass is 497 g/mol. The van der Waals surface area contributed by atoms with Crippen molar-refractivity contribution in [1.82, 2.24) is 19.9 Å². The molecule has 9 heteroatoms. The van der Waals surface area contributed by atoms with E-state index in [0.29, 0.717) is 55.1 Å². The molecule has 2 aromatic heterocycles. The number of fused-ring (bicyclic) bond motifs is 1. The first-order valence-electron chi connectivity index (χ1n) is 13.4. The second kappa shape index (κ2) is 10.5.